The van der Waals surface area contributed by atoms with E-state index >= 15 is 0 Å². The lowest BCUT2D eigenvalue weighted by Crippen LogP contribution is -2.08. The third-order valence-corrected chi connectivity index (χ3v) is 3.90. The molecule has 3 aromatic carbocycles. The summed E-state index contributed by atoms with van der Waals surface area (Å²) in [5, 5.41) is 0. The molecule has 0 fully saturated rings. The molecule has 0 aromatic heterocycles. The summed E-state index contributed by atoms with van der Waals surface area (Å²) in [6.45, 7) is 0.367. The number of para-hydroxylation sites is 2. The summed E-state index contributed by atoms with van der Waals surface area (Å²) in [6, 6.07) is 21.5. The fourth-order valence-corrected chi connectivity index (χ4v) is 2.47. The van der Waals surface area contributed by atoms with Crippen LogP contribution in [-0.2, 0) is 6.61 Å². The molecule has 5 heteroatoms. The van der Waals surface area contributed by atoms with E-state index in [0.717, 1.165) is 5.56 Å². The summed E-state index contributed by atoms with van der Waals surface area (Å²) in [5.41, 5.74) is 1.39. The van der Waals surface area contributed by atoms with Gasteiger partial charge in [-0.2, -0.15) is 0 Å². The van der Waals surface area contributed by atoms with Gasteiger partial charge in [0.1, 0.15) is 18.1 Å². The van der Waals surface area contributed by atoms with Crippen molar-refractivity contribution in [3.8, 4) is 23.0 Å². The maximum Gasteiger partial charge on any atom is 0.343 e. The summed E-state index contributed by atoms with van der Waals surface area (Å²) < 4.78 is 21.5. The fraction of sp³-hybridized carbons (Fsp3) is 0.136. The van der Waals surface area contributed by atoms with Crippen molar-refractivity contribution < 1.29 is 23.7 Å². The second-order valence-electron chi connectivity index (χ2n) is 5.70. The van der Waals surface area contributed by atoms with E-state index in [1.807, 2.05) is 36.4 Å². The molecule has 0 saturated heterocycles. The van der Waals surface area contributed by atoms with Gasteiger partial charge in [0.05, 0.1) is 19.8 Å². The number of esters is 1. The topological polar surface area (TPSA) is 54.0 Å². The zero-order valence-corrected chi connectivity index (χ0v) is 15.2. The van der Waals surface area contributed by atoms with E-state index in [4.69, 9.17) is 18.9 Å². The van der Waals surface area contributed by atoms with Crippen LogP contribution in [0.3, 0.4) is 0 Å². The summed E-state index contributed by atoms with van der Waals surface area (Å²) in [7, 11) is 3.16. The minimum absolute atomic E-state index is 0.367. The second kappa shape index (κ2) is 8.76. The lowest BCUT2D eigenvalue weighted by molar-refractivity contribution is 0.0734. The number of methoxy groups -OCH3 is 2. The maximum atomic E-state index is 12.3. The van der Waals surface area contributed by atoms with Crippen LogP contribution < -0.4 is 18.9 Å². The molecule has 0 amide bonds. The van der Waals surface area contributed by atoms with Gasteiger partial charge in [0, 0.05) is 6.07 Å². The molecule has 5 nitrogen and oxygen atoms in total. The average molecular weight is 364 g/mol. The van der Waals surface area contributed by atoms with Crippen LogP contribution in [0, 0.1) is 0 Å². The predicted molar refractivity (Wildman–Crippen MR) is 102 cm³/mol. The Morgan fingerprint density at radius 2 is 1.48 bits per heavy atom. The molecule has 0 unspecified atom stereocenters. The molecule has 138 valence electrons. The van der Waals surface area contributed by atoms with Crippen LogP contribution in [0.25, 0.3) is 0 Å². The smallest absolute Gasteiger partial charge is 0.343 e. The molecule has 0 atom stereocenters. The van der Waals surface area contributed by atoms with Gasteiger partial charge in [0.25, 0.3) is 0 Å². The van der Waals surface area contributed by atoms with Crippen LogP contribution in [0.4, 0.5) is 0 Å². The van der Waals surface area contributed by atoms with Crippen LogP contribution in [0.1, 0.15) is 15.9 Å². The van der Waals surface area contributed by atoms with Crippen molar-refractivity contribution in [2.75, 3.05) is 14.2 Å². The monoisotopic (exact) mass is 364 g/mol. The molecule has 0 radical (unpaired) electrons. The molecular weight excluding hydrogens is 344 g/mol. The first-order valence-electron chi connectivity index (χ1n) is 8.40. The summed E-state index contributed by atoms with van der Waals surface area (Å²) in [6.07, 6.45) is 0. The van der Waals surface area contributed by atoms with Gasteiger partial charge in [-0.3, -0.25) is 0 Å². The lowest BCUT2D eigenvalue weighted by Gasteiger charge is -2.10. The minimum atomic E-state index is -0.430. The van der Waals surface area contributed by atoms with E-state index in [2.05, 4.69) is 0 Å². The van der Waals surface area contributed by atoms with Gasteiger partial charge in [-0.25, -0.2) is 4.79 Å². The number of hydrogen-bond acceptors (Lipinski definition) is 5. The molecule has 3 aromatic rings. The summed E-state index contributed by atoms with van der Waals surface area (Å²) >= 11 is 0. The first-order chi connectivity index (χ1) is 13.2. The minimum Gasteiger partial charge on any atom is -0.497 e. The first kappa shape index (κ1) is 18.3. The van der Waals surface area contributed by atoms with Crippen LogP contribution >= 0.6 is 0 Å². The molecule has 0 heterocycles. The zero-order chi connectivity index (χ0) is 19.1. The van der Waals surface area contributed by atoms with Crippen molar-refractivity contribution in [1.29, 1.82) is 0 Å². The van der Waals surface area contributed by atoms with E-state index in [-0.39, 0.29) is 0 Å². The van der Waals surface area contributed by atoms with Gasteiger partial charge in [-0.05, 0) is 42.0 Å². The van der Waals surface area contributed by atoms with Gasteiger partial charge in [-0.1, -0.05) is 30.3 Å². The third kappa shape index (κ3) is 4.79. The zero-order valence-electron chi connectivity index (χ0n) is 15.2. The van der Waals surface area contributed by atoms with E-state index < -0.39 is 5.97 Å². The van der Waals surface area contributed by atoms with Crippen molar-refractivity contribution in [2.24, 2.45) is 0 Å². The van der Waals surface area contributed by atoms with Crippen molar-refractivity contribution in [3.05, 3.63) is 83.9 Å². The van der Waals surface area contributed by atoms with Crippen molar-refractivity contribution in [2.45, 2.75) is 6.61 Å². The fourth-order valence-electron chi connectivity index (χ4n) is 2.47. The highest BCUT2D eigenvalue weighted by atomic mass is 16.5. The first-order valence-corrected chi connectivity index (χ1v) is 8.40. The third-order valence-electron chi connectivity index (χ3n) is 3.90. The number of benzene rings is 3. The molecule has 0 aliphatic rings. The Bertz CT molecular complexity index is 903. The van der Waals surface area contributed by atoms with Crippen molar-refractivity contribution >= 4 is 5.97 Å². The number of ether oxygens (including phenoxy) is 4. The van der Waals surface area contributed by atoms with Crippen LogP contribution in [0.15, 0.2) is 72.8 Å². The van der Waals surface area contributed by atoms with Crippen molar-refractivity contribution in [1.82, 2.24) is 0 Å². The number of hydrogen-bond donors (Lipinski definition) is 0. The molecule has 27 heavy (non-hydrogen) atoms. The lowest BCUT2D eigenvalue weighted by atomic mass is 10.1. The Hall–Kier alpha value is -3.47. The van der Waals surface area contributed by atoms with Gasteiger partial charge < -0.3 is 18.9 Å². The van der Waals surface area contributed by atoms with E-state index in [0.29, 0.717) is 35.2 Å². The van der Waals surface area contributed by atoms with Gasteiger partial charge >= 0.3 is 5.97 Å². The summed E-state index contributed by atoms with van der Waals surface area (Å²) in [4.78, 5) is 12.3. The average Bonchev–Trinajstić information content (AvgIpc) is 2.73. The van der Waals surface area contributed by atoms with E-state index in [9.17, 15) is 4.79 Å². The SMILES string of the molecule is COc1cccc(OC(=O)c2ccc(COc3ccccc3OC)cc2)c1. The number of rotatable bonds is 7. The molecule has 0 spiro atoms. The highest BCUT2D eigenvalue weighted by molar-refractivity contribution is 5.91. The molecule has 0 N–H and O–H groups in total. The molecular formula is C22H20O5. The Labute approximate surface area is 158 Å². The Balaban J connectivity index is 1.61. The molecule has 0 bridgehead atoms. The molecule has 0 aliphatic carbocycles. The van der Waals surface area contributed by atoms with Crippen LogP contribution in [-0.4, -0.2) is 20.2 Å². The van der Waals surface area contributed by atoms with Crippen molar-refractivity contribution in [3.63, 3.8) is 0 Å². The van der Waals surface area contributed by atoms with Gasteiger partial charge in [0.15, 0.2) is 11.5 Å². The molecule has 0 aliphatic heterocycles. The van der Waals surface area contributed by atoms with Gasteiger partial charge in [0.2, 0.25) is 0 Å². The molecule has 0 saturated carbocycles. The van der Waals surface area contributed by atoms with Gasteiger partial charge in [-0.15, -0.1) is 0 Å². The number of carbonyl (C=O) groups is 1. The predicted octanol–water partition coefficient (Wildman–Crippen LogP) is 4.50. The van der Waals surface area contributed by atoms with Crippen LogP contribution in [0.5, 0.6) is 23.0 Å². The summed E-state index contributed by atoms with van der Waals surface area (Å²) in [5.74, 6) is 1.98. The Morgan fingerprint density at radius 1 is 0.778 bits per heavy atom. The normalized spacial score (nSPS) is 10.1. The maximum absolute atomic E-state index is 12.3. The second-order valence-corrected chi connectivity index (χ2v) is 5.70. The van der Waals surface area contributed by atoms with E-state index in [1.54, 1.807) is 50.6 Å². The largest absolute Gasteiger partial charge is 0.497 e. The Morgan fingerprint density at radius 3 is 2.19 bits per heavy atom. The van der Waals surface area contributed by atoms with Crippen LogP contribution in [0.2, 0.25) is 0 Å². The highest BCUT2D eigenvalue weighted by Gasteiger charge is 2.10. The van der Waals surface area contributed by atoms with E-state index in [1.165, 1.54) is 0 Å². The molecule has 3 rings (SSSR count). The Kier molecular flexibility index (Phi) is 5.94. The standard InChI is InChI=1S/C22H20O5/c1-24-18-6-5-7-19(14-18)27-22(23)17-12-10-16(11-13-17)15-26-21-9-4-3-8-20(21)25-2/h3-14H,15H2,1-2H3. The number of carbonyl (C=O) groups excluding carboxylic acids is 1. The highest BCUT2D eigenvalue weighted by Crippen LogP contribution is 2.26. The quantitative estimate of drug-likeness (QED) is 0.456.